The summed E-state index contributed by atoms with van der Waals surface area (Å²) in [5, 5.41) is 5.79. The molecule has 4 nitrogen and oxygen atoms in total. The van der Waals surface area contributed by atoms with Crippen molar-refractivity contribution in [2.24, 2.45) is 4.99 Å². The van der Waals surface area contributed by atoms with Crippen molar-refractivity contribution in [2.75, 3.05) is 0 Å². The lowest BCUT2D eigenvalue weighted by molar-refractivity contribution is -0.115. The highest BCUT2D eigenvalue weighted by atomic mass is 79.9. The molecule has 0 aliphatic carbocycles. The van der Waals surface area contributed by atoms with Gasteiger partial charge in [0.2, 0.25) is 0 Å². The maximum atomic E-state index is 12.7. The molecule has 1 heterocycles. The monoisotopic (exact) mass is 542 g/mol. The minimum Gasteiger partial charge on any atom is -0.488 e. The molecule has 1 N–H and O–H groups in total. The van der Waals surface area contributed by atoms with Crippen LogP contribution in [0, 0.1) is 0 Å². The first-order valence-electron chi connectivity index (χ1n) is 11.4. The molecule has 0 atom stereocenters. The normalized spacial score (nSPS) is 15.7. The van der Waals surface area contributed by atoms with E-state index in [0.717, 1.165) is 27.7 Å². The lowest BCUT2D eigenvalue weighted by Gasteiger charge is -2.12. The van der Waals surface area contributed by atoms with Crippen LogP contribution >= 0.6 is 27.7 Å². The van der Waals surface area contributed by atoms with Gasteiger partial charge >= 0.3 is 0 Å². The average Bonchev–Trinajstić information content (AvgIpc) is 3.22. The van der Waals surface area contributed by atoms with Gasteiger partial charge in [-0.15, -0.1) is 0 Å². The molecule has 1 fully saturated rings. The van der Waals surface area contributed by atoms with Gasteiger partial charge in [-0.05, 0) is 76.5 Å². The third kappa shape index (κ3) is 5.50. The molecular formula is C29H23BrN2O2S. The van der Waals surface area contributed by atoms with E-state index in [1.807, 2.05) is 54.6 Å². The summed E-state index contributed by atoms with van der Waals surface area (Å²) < 4.78 is 7.15. The molecule has 1 aliphatic rings. The molecule has 6 heteroatoms. The molecule has 4 aromatic rings. The second-order valence-electron chi connectivity index (χ2n) is 8.11. The van der Waals surface area contributed by atoms with Gasteiger partial charge in [-0.2, -0.15) is 0 Å². The smallest absolute Gasteiger partial charge is 0.264 e. The van der Waals surface area contributed by atoms with E-state index in [9.17, 15) is 4.79 Å². The lowest BCUT2D eigenvalue weighted by atomic mass is 10.1. The summed E-state index contributed by atoms with van der Waals surface area (Å²) in [6.07, 6.45) is 2.83. The number of thioether (sulfide) groups is 1. The molecule has 0 radical (unpaired) electrons. The SMILES string of the molecule is CCc1ccc(N=C2NC(=O)/C(=C/c3cc(Br)ccc3OCc3cccc4ccccc34)S2)cc1. The van der Waals surface area contributed by atoms with Gasteiger partial charge in [-0.3, -0.25) is 4.79 Å². The number of halogens is 1. The molecule has 1 aliphatic heterocycles. The Bertz CT molecular complexity index is 1460. The first-order valence-corrected chi connectivity index (χ1v) is 13.0. The van der Waals surface area contributed by atoms with Crippen LogP contribution in [0.25, 0.3) is 16.8 Å². The van der Waals surface area contributed by atoms with E-state index in [1.54, 1.807) is 0 Å². The van der Waals surface area contributed by atoms with Crippen molar-refractivity contribution in [3.05, 3.63) is 111 Å². The van der Waals surface area contributed by atoms with Gasteiger partial charge in [0.1, 0.15) is 12.4 Å². The fourth-order valence-corrected chi connectivity index (χ4v) is 5.09. The van der Waals surface area contributed by atoms with Crippen LogP contribution in [0.3, 0.4) is 0 Å². The number of fused-ring (bicyclic) bond motifs is 1. The number of rotatable bonds is 6. The quantitative estimate of drug-likeness (QED) is 0.255. The molecule has 0 aromatic heterocycles. The molecule has 0 spiro atoms. The molecule has 4 aromatic carbocycles. The average molecular weight is 543 g/mol. The number of benzene rings is 4. The third-order valence-corrected chi connectivity index (χ3v) is 7.15. The predicted octanol–water partition coefficient (Wildman–Crippen LogP) is 7.64. The van der Waals surface area contributed by atoms with Crippen molar-refractivity contribution < 1.29 is 9.53 Å². The highest BCUT2D eigenvalue weighted by molar-refractivity contribution is 9.10. The van der Waals surface area contributed by atoms with Crippen molar-refractivity contribution >= 4 is 61.3 Å². The molecule has 0 saturated carbocycles. The summed E-state index contributed by atoms with van der Waals surface area (Å²) in [6, 6.07) is 28.4. The Morgan fingerprint density at radius 2 is 1.80 bits per heavy atom. The molecule has 1 amide bonds. The first-order chi connectivity index (χ1) is 17.1. The Hall–Kier alpha value is -3.35. The third-order valence-electron chi connectivity index (χ3n) is 5.75. The van der Waals surface area contributed by atoms with Crippen LogP contribution < -0.4 is 10.1 Å². The maximum Gasteiger partial charge on any atom is 0.264 e. The minimum absolute atomic E-state index is 0.168. The number of carbonyl (C=O) groups excluding carboxylic acids is 1. The van der Waals surface area contributed by atoms with Gasteiger partial charge < -0.3 is 10.1 Å². The van der Waals surface area contributed by atoms with Gasteiger partial charge in [-0.25, -0.2) is 4.99 Å². The predicted molar refractivity (Wildman–Crippen MR) is 149 cm³/mol. The first kappa shape index (κ1) is 23.4. The summed E-state index contributed by atoms with van der Waals surface area (Å²) in [5.74, 6) is 0.543. The van der Waals surface area contributed by atoms with Gasteiger partial charge in [0.05, 0.1) is 10.6 Å². The van der Waals surface area contributed by atoms with E-state index in [2.05, 4.69) is 69.6 Å². The largest absolute Gasteiger partial charge is 0.488 e. The zero-order valence-electron chi connectivity index (χ0n) is 19.1. The molecule has 0 unspecified atom stereocenters. The summed E-state index contributed by atoms with van der Waals surface area (Å²) in [4.78, 5) is 17.8. The van der Waals surface area contributed by atoms with E-state index < -0.39 is 0 Å². The number of carbonyl (C=O) groups is 1. The summed E-state index contributed by atoms with van der Waals surface area (Å²) in [6.45, 7) is 2.55. The van der Waals surface area contributed by atoms with Crippen LogP contribution in [-0.4, -0.2) is 11.1 Å². The number of aryl methyl sites for hydroxylation is 1. The second kappa shape index (κ2) is 10.5. The molecular weight excluding hydrogens is 520 g/mol. The number of nitrogens with one attached hydrogen (secondary N) is 1. The van der Waals surface area contributed by atoms with Gasteiger partial charge in [0.15, 0.2) is 5.17 Å². The van der Waals surface area contributed by atoms with Crippen LogP contribution in [0.15, 0.2) is 99.3 Å². The van der Waals surface area contributed by atoms with Gasteiger partial charge in [0, 0.05) is 10.0 Å². The molecule has 1 saturated heterocycles. The molecule has 0 bridgehead atoms. The van der Waals surface area contributed by atoms with Crippen LogP contribution in [0.1, 0.15) is 23.6 Å². The van der Waals surface area contributed by atoms with Crippen LogP contribution in [0.4, 0.5) is 5.69 Å². The fourth-order valence-electron chi connectivity index (χ4n) is 3.88. The van der Waals surface area contributed by atoms with Crippen molar-refractivity contribution in [3.63, 3.8) is 0 Å². The minimum atomic E-state index is -0.168. The molecule has 174 valence electrons. The Morgan fingerprint density at radius 1 is 1.00 bits per heavy atom. The molecule has 5 rings (SSSR count). The van der Waals surface area contributed by atoms with Gasteiger partial charge in [0.25, 0.3) is 5.91 Å². The van der Waals surface area contributed by atoms with Crippen LogP contribution in [0.2, 0.25) is 0 Å². The van der Waals surface area contributed by atoms with E-state index in [-0.39, 0.29) is 5.91 Å². The van der Waals surface area contributed by atoms with E-state index in [0.29, 0.717) is 22.4 Å². The number of amidine groups is 1. The number of nitrogens with zero attached hydrogens (tertiary/aromatic N) is 1. The summed E-state index contributed by atoms with van der Waals surface area (Å²) >= 11 is 4.87. The summed E-state index contributed by atoms with van der Waals surface area (Å²) in [7, 11) is 0. The Kier molecular flexibility index (Phi) is 7.02. The zero-order chi connectivity index (χ0) is 24.2. The number of hydrogen-bond acceptors (Lipinski definition) is 4. The number of hydrogen-bond donors (Lipinski definition) is 1. The zero-order valence-corrected chi connectivity index (χ0v) is 21.5. The molecule has 35 heavy (non-hydrogen) atoms. The van der Waals surface area contributed by atoms with Crippen LogP contribution in [-0.2, 0) is 17.8 Å². The Morgan fingerprint density at radius 3 is 2.63 bits per heavy atom. The Balaban J connectivity index is 1.38. The van der Waals surface area contributed by atoms with E-state index >= 15 is 0 Å². The van der Waals surface area contributed by atoms with Crippen LogP contribution in [0.5, 0.6) is 5.75 Å². The topological polar surface area (TPSA) is 50.7 Å². The number of aliphatic imine (C=N–C) groups is 1. The standard InChI is InChI=1S/C29H23BrN2O2S/c1-2-19-10-13-24(14-11-19)31-29-32-28(33)27(35-29)17-22-16-23(30)12-15-26(22)34-18-21-8-5-7-20-6-3-4-9-25(20)21/h3-17H,2,18H2,1H3,(H,31,32,33)/b27-17-. The number of amides is 1. The van der Waals surface area contributed by atoms with Crippen molar-refractivity contribution in [2.45, 2.75) is 20.0 Å². The van der Waals surface area contributed by atoms with E-state index in [4.69, 9.17) is 4.74 Å². The van der Waals surface area contributed by atoms with Crippen molar-refractivity contribution in [1.82, 2.24) is 5.32 Å². The van der Waals surface area contributed by atoms with E-state index in [1.165, 1.54) is 28.1 Å². The highest BCUT2D eigenvalue weighted by Gasteiger charge is 2.24. The summed E-state index contributed by atoms with van der Waals surface area (Å²) in [5.41, 5.74) is 4.00. The number of ether oxygens (including phenoxy) is 1. The maximum absolute atomic E-state index is 12.7. The van der Waals surface area contributed by atoms with Gasteiger partial charge in [-0.1, -0.05) is 77.5 Å². The Labute approximate surface area is 217 Å². The fraction of sp³-hybridized carbons (Fsp3) is 0.103. The lowest BCUT2D eigenvalue weighted by Crippen LogP contribution is -2.19. The van der Waals surface area contributed by atoms with Crippen molar-refractivity contribution in [3.8, 4) is 5.75 Å². The highest BCUT2D eigenvalue weighted by Crippen LogP contribution is 2.33. The van der Waals surface area contributed by atoms with Crippen molar-refractivity contribution in [1.29, 1.82) is 0 Å². The second-order valence-corrected chi connectivity index (χ2v) is 10.1.